The molecule has 136 valence electrons. The molecule has 0 radical (unpaired) electrons. The molecule has 5 rings (SSSR count). The number of halogens is 1. The van der Waals surface area contributed by atoms with Gasteiger partial charge in [0.05, 0.1) is 23.8 Å². The third kappa shape index (κ3) is 2.86. The molecular weight excluding hydrogens is 343 g/mol. The van der Waals surface area contributed by atoms with E-state index < -0.39 is 0 Å². The molecule has 0 amide bonds. The number of hydrogen-bond acceptors (Lipinski definition) is 4. The number of nitrogens with one attached hydrogen (secondary N) is 3. The van der Waals surface area contributed by atoms with Gasteiger partial charge in [0.1, 0.15) is 5.65 Å². The van der Waals surface area contributed by atoms with Crippen molar-refractivity contribution in [3.63, 3.8) is 0 Å². The SMILES string of the molecule is Cn1cc(-c2cc3c(Nc4ccc5c(c4)CNCC5)c(F)cnc3[nH]2)cn1. The average Bonchev–Trinajstić information content (AvgIpc) is 3.30. The quantitative estimate of drug-likeness (QED) is 0.522. The Morgan fingerprint density at radius 3 is 2.96 bits per heavy atom. The van der Waals surface area contributed by atoms with Crippen LogP contribution >= 0.6 is 0 Å². The van der Waals surface area contributed by atoms with E-state index in [1.165, 1.54) is 17.3 Å². The Labute approximate surface area is 155 Å². The van der Waals surface area contributed by atoms with Gasteiger partial charge in [-0.3, -0.25) is 4.68 Å². The van der Waals surface area contributed by atoms with Crippen molar-refractivity contribution in [1.82, 2.24) is 25.1 Å². The van der Waals surface area contributed by atoms with E-state index in [0.717, 1.165) is 36.5 Å². The molecule has 1 aromatic carbocycles. The van der Waals surface area contributed by atoms with E-state index in [0.29, 0.717) is 16.7 Å². The van der Waals surface area contributed by atoms with Crippen molar-refractivity contribution in [2.24, 2.45) is 7.05 Å². The zero-order chi connectivity index (χ0) is 18.4. The minimum absolute atomic E-state index is 0.380. The molecule has 27 heavy (non-hydrogen) atoms. The summed E-state index contributed by atoms with van der Waals surface area (Å²) in [5.41, 5.74) is 6.32. The zero-order valence-corrected chi connectivity index (χ0v) is 14.9. The molecule has 0 fully saturated rings. The summed E-state index contributed by atoms with van der Waals surface area (Å²) in [6.07, 6.45) is 5.94. The van der Waals surface area contributed by atoms with Crippen LogP contribution in [0.4, 0.5) is 15.8 Å². The standard InChI is InChI=1S/C20H19FN6/c1-27-11-14(9-24-27)18-7-16-19(17(21)10-23-20(16)26-18)25-15-3-2-12-4-5-22-8-13(12)6-15/h2-3,6-7,9-11,22H,4-5,8H2,1H3,(H2,23,25,26). The van der Waals surface area contributed by atoms with Crippen LogP contribution in [0, 0.1) is 5.82 Å². The van der Waals surface area contributed by atoms with Gasteiger partial charge in [-0.15, -0.1) is 0 Å². The fourth-order valence-electron chi connectivity index (χ4n) is 3.60. The third-order valence-electron chi connectivity index (χ3n) is 4.99. The zero-order valence-electron chi connectivity index (χ0n) is 14.9. The van der Waals surface area contributed by atoms with Crippen LogP contribution in [0.25, 0.3) is 22.3 Å². The van der Waals surface area contributed by atoms with Crippen molar-refractivity contribution in [2.45, 2.75) is 13.0 Å². The first kappa shape index (κ1) is 16.0. The van der Waals surface area contributed by atoms with Crippen molar-refractivity contribution in [3.8, 4) is 11.3 Å². The number of rotatable bonds is 3. The maximum absolute atomic E-state index is 14.6. The third-order valence-corrected chi connectivity index (χ3v) is 4.99. The Morgan fingerprint density at radius 2 is 2.11 bits per heavy atom. The van der Waals surface area contributed by atoms with Gasteiger partial charge in [-0.25, -0.2) is 9.37 Å². The molecule has 7 heteroatoms. The van der Waals surface area contributed by atoms with E-state index >= 15 is 0 Å². The van der Waals surface area contributed by atoms with Crippen molar-refractivity contribution in [2.75, 3.05) is 11.9 Å². The molecule has 0 saturated carbocycles. The molecule has 4 aromatic rings. The first-order valence-electron chi connectivity index (χ1n) is 8.93. The van der Waals surface area contributed by atoms with E-state index in [9.17, 15) is 4.39 Å². The first-order valence-corrected chi connectivity index (χ1v) is 8.93. The summed E-state index contributed by atoms with van der Waals surface area (Å²) in [6, 6.07) is 8.12. The van der Waals surface area contributed by atoms with Crippen molar-refractivity contribution in [1.29, 1.82) is 0 Å². The average molecular weight is 362 g/mol. The van der Waals surface area contributed by atoms with Crippen LogP contribution in [0.5, 0.6) is 0 Å². The van der Waals surface area contributed by atoms with Gasteiger partial charge >= 0.3 is 0 Å². The number of anilines is 2. The highest BCUT2D eigenvalue weighted by Crippen LogP contribution is 2.32. The van der Waals surface area contributed by atoms with Crippen LogP contribution in [0.1, 0.15) is 11.1 Å². The molecule has 1 aliphatic heterocycles. The number of aryl methyl sites for hydroxylation is 1. The molecule has 0 unspecified atom stereocenters. The fraction of sp³-hybridized carbons (Fsp3) is 0.200. The van der Waals surface area contributed by atoms with E-state index in [1.807, 2.05) is 25.4 Å². The Morgan fingerprint density at radius 1 is 1.19 bits per heavy atom. The topological polar surface area (TPSA) is 70.6 Å². The van der Waals surface area contributed by atoms with E-state index in [-0.39, 0.29) is 5.82 Å². The van der Waals surface area contributed by atoms with Gasteiger partial charge in [0.15, 0.2) is 5.82 Å². The molecule has 0 spiro atoms. The Balaban J connectivity index is 1.56. The maximum Gasteiger partial charge on any atom is 0.165 e. The number of aromatic amines is 1. The second-order valence-electron chi connectivity index (χ2n) is 6.86. The summed E-state index contributed by atoms with van der Waals surface area (Å²) in [5.74, 6) is -0.380. The lowest BCUT2D eigenvalue weighted by molar-refractivity contribution is 0.628. The minimum Gasteiger partial charge on any atom is -0.352 e. The highest BCUT2D eigenvalue weighted by molar-refractivity contribution is 5.95. The predicted molar refractivity (Wildman–Crippen MR) is 103 cm³/mol. The van der Waals surface area contributed by atoms with Gasteiger partial charge in [-0.05, 0) is 42.3 Å². The number of benzene rings is 1. The summed E-state index contributed by atoms with van der Waals surface area (Å²) in [5, 5.41) is 11.5. The summed E-state index contributed by atoms with van der Waals surface area (Å²) in [4.78, 5) is 7.45. The fourth-order valence-corrected chi connectivity index (χ4v) is 3.60. The smallest absolute Gasteiger partial charge is 0.165 e. The minimum atomic E-state index is -0.380. The highest BCUT2D eigenvalue weighted by atomic mass is 19.1. The van der Waals surface area contributed by atoms with E-state index in [4.69, 9.17) is 0 Å². The molecule has 1 aliphatic rings. The highest BCUT2D eigenvalue weighted by Gasteiger charge is 2.15. The molecule has 0 aliphatic carbocycles. The van der Waals surface area contributed by atoms with Crippen molar-refractivity contribution in [3.05, 3.63) is 59.8 Å². The van der Waals surface area contributed by atoms with Crippen LogP contribution in [0.15, 0.2) is 42.9 Å². The monoisotopic (exact) mass is 362 g/mol. The molecule has 0 saturated heterocycles. The van der Waals surface area contributed by atoms with Crippen LogP contribution < -0.4 is 10.6 Å². The lowest BCUT2D eigenvalue weighted by Gasteiger charge is -2.18. The van der Waals surface area contributed by atoms with E-state index in [2.05, 4.69) is 37.8 Å². The van der Waals surface area contributed by atoms with Gasteiger partial charge in [0, 0.05) is 36.4 Å². The van der Waals surface area contributed by atoms with Gasteiger partial charge in [0.2, 0.25) is 0 Å². The normalized spacial score (nSPS) is 13.7. The van der Waals surface area contributed by atoms with Crippen LogP contribution in [0.3, 0.4) is 0 Å². The number of aromatic nitrogens is 4. The van der Waals surface area contributed by atoms with Gasteiger partial charge in [0.25, 0.3) is 0 Å². The second-order valence-corrected chi connectivity index (χ2v) is 6.86. The summed E-state index contributed by atoms with van der Waals surface area (Å²) < 4.78 is 16.3. The van der Waals surface area contributed by atoms with Crippen LogP contribution in [-0.4, -0.2) is 26.3 Å². The molecule has 6 nitrogen and oxygen atoms in total. The Hall–Kier alpha value is -3.19. The number of nitrogens with zero attached hydrogens (tertiary/aromatic N) is 3. The van der Waals surface area contributed by atoms with Crippen molar-refractivity contribution >= 4 is 22.4 Å². The molecular formula is C20H19FN6. The number of pyridine rings is 1. The molecule has 0 atom stereocenters. The number of hydrogen-bond donors (Lipinski definition) is 3. The summed E-state index contributed by atoms with van der Waals surface area (Å²) in [7, 11) is 1.86. The second kappa shape index (κ2) is 6.21. The van der Waals surface area contributed by atoms with E-state index in [1.54, 1.807) is 10.9 Å². The molecule has 3 N–H and O–H groups in total. The van der Waals surface area contributed by atoms with Gasteiger partial charge in [-0.2, -0.15) is 5.10 Å². The lowest BCUT2D eigenvalue weighted by atomic mass is 10.0. The number of H-pyrrole nitrogens is 1. The van der Waals surface area contributed by atoms with Crippen LogP contribution in [0.2, 0.25) is 0 Å². The number of fused-ring (bicyclic) bond motifs is 2. The van der Waals surface area contributed by atoms with Gasteiger partial charge in [-0.1, -0.05) is 6.07 Å². The predicted octanol–water partition coefficient (Wildman–Crippen LogP) is 3.49. The molecule has 0 bridgehead atoms. The molecule has 4 heterocycles. The first-order chi connectivity index (χ1) is 13.2. The Bertz CT molecular complexity index is 1140. The van der Waals surface area contributed by atoms with Crippen molar-refractivity contribution < 1.29 is 4.39 Å². The lowest BCUT2D eigenvalue weighted by Crippen LogP contribution is -2.23. The van der Waals surface area contributed by atoms with Gasteiger partial charge < -0.3 is 15.6 Å². The maximum atomic E-state index is 14.6. The molecule has 3 aromatic heterocycles. The van der Waals surface area contributed by atoms with Crippen LogP contribution in [-0.2, 0) is 20.0 Å². The summed E-state index contributed by atoms with van der Waals surface area (Å²) >= 11 is 0. The largest absolute Gasteiger partial charge is 0.352 e. The summed E-state index contributed by atoms with van der Waals surface area (Å²) in [6.45, 7) is 1.84. The Kier molecular flexibility index (Phi) is 3.68.